The summed E-state index contributed by atoms with van der Waals surface area (Å²) in [6.45, 7) is 7.03. The first-order valence-corrected chi connectivity index (χ1v) is 14.5. The Labute approximate surface area is 256 Å². The Morgan fingerprint density at radius 2 is 1.86 bits per heavy atom. The molecule has 0 saturated carbocycles. The van der Waals surface area contributed by atoms with Crippen molar-refractivity contribution >= 4 is 41.5 Å². The standard InChI is InChI=1S/C32H38N6O6/c1-32(2,3)44-31(42)35-25-9-7-24(8-10-25)30(41)36-15-12-26(13-16-36)43-19-5-6-23-11-18-38-27(20-23)34-21-29(38)37(22-39)17-14-28(40)33-4/h7-11,18,20-22,26H,12-17,19H2,1-4H3,(H,33,40)(H,35,42). The number of aromatic nitrogens is 2. The van der Waals surface area contributed by atoms with Gasteiger partial charge in [0.2, 0.25) is 12.3 Å². The number of ether oxygens (including phenoxy) is 2. The molecule has 0 bridgehead atoms. The zero-order valence-electron chi connectivity index (χ0n) is 25.5. The lowest BCUT2D eigenvalue weighted by Gasteiger charge is -2.31. The molecule has 2 aromatic heterocycles. The van der Waals surface area contributed by atoms with Crippen LogP contribution in [0.25, 0.3) is 5.65 Å². The lowest BCUT2D eigenvalue weighted by molar-refractivity contribution is -0.120. The maximum Gasteiger partial charge on any atom is 0.412 e. The van der Waals surface area contributed by atoms with Crippen LogP contribution in [0.1, 0.15) is 56.0 Å². The first kappa shape index (κ1) is 32.0. The topological polar surface area (TPSA) is 135 Å². The molecule has 1 aliphatic heterocycles. The Morgan fingerprint density at radius 1 is 1.14 bits per heavy atom. The van der Waals surface area contributed by atoms with Gasteiger partial charge in [0.1, 0.15) is 23.7 Å². The summed E-state index contributed by atoms with van der Waals surface area (Å²) in [5.41, 5.74) is 1.90. The van der Waals surface area contributed by atoms with Crippen LogP contribution in [0.4, 0.5) is 16.3 Å². The molecule has 1 fully saturated rings. The van der Waals surface area contributed by atoms with Crippen LogP contribution >= 0.6 is 0 Å². The Bertz CT molecular complexity index is 1540. The molecule has 2 N–H and O–H groups in total. The quantitative estimate of drug-likeness (QED) is 0.283. The van der Waals surface area contributed by atoms with Gasteiger partial charge in [-0.1, -0.05) is 11.8 Å². The normalized spacial score (nSPS) is 13.5. The molecule has 0 atom stereocenters. The van der Waals surface area contributed by atoms with E-state index in [0.717, 1.165) is 5.56 Å². The number of amides is 4. The second kappa shape index (κ2) is 14.5. The monoisotopic (exact) mass is 602 g/mol. The molecule has 12 nitrogen and oxygen atoms in total. The zero-order chi connectivity index (χ0) is 31.7. The van der Waals surface area contributed by atoms with Crippen molar-refractivity contribution in [3.63, 3.8) is 0 Å². The minimum Gasteiger partial charge on any atom is -0.444 e. The molecule has 0 unspecified atom stereocenters. The molecule has 4 rings (SSSR count). The second-order valence-corrected chi connectivity index (χ2v) is 11.3. The number of nitrogens with zero attached hydrogens (tertiary/aromatic N) is 4. The smallest absolute Gasteiger partial charge is 0.412 e. The van der Waals surface area contributed by atoms with E-state index >= 15 is 0 Å². The maximum atomic E-state index is 13.0. The predicted octanol–water partition coefficient (Wildman–Crippen LogP) is 3.45. The Balaban J connectivity index is 1.23. The van der Waals surface area contributed by atoms with Crippen LogP contribution in [-0.2, 0) is 19.1 Å². The predicted molar refractivity (Wildman–Crippen MR) is 165 cm³/mol. The Morgan fingerprint density at radius 3 is 2.52 bits per heavy atom. The number of likely N-dealkylation sites (tertiary alicyclic amines) is 1. The van der Waals surface area contributed by atoms with E-state index in [1.54, 1.807) is 73.8 Å². The lowest BCUT2D eigenvalue weighted by atomic mass is 10.1. The molecule has 0 spiro atoms. The highest BCUT2D eigenvalue weighted by molar-refractivity contribution is 5.95. The van der Waals surface area contributed by atoms with Gasteiger partial charge in [0.05, 0.1) is 12.3 Å². The number of nitrogens with one attached hydrogen (secondary N) is 2. The molecule has 232 valence electrons. The van der Waals surface area contributed by atoms with Crippen LogP contribution in [0.2, 0.25) is 0 Å². The first-order chi connectivity index (χ1) is 21.1. The van der Waals surface area contributed by atoms with Crippen LogP contribution in [0.5, 0.6) is 0 Å². The van der Waals surface area contributed by atoms with Gasteiger partial charge in [-0.2, -0.15) is 0 Å². The number of hydrogen-bond donors (Lipinski definition) is 2. The van der Waals surface area contributed by atoms with Gasteiger partial charge < -0.3 is 19.7 Å². The number of carbonyl (C=O) groups is 4. The number of rotatable bonds is 9. The van der Waals surface area contributed by atoms with Crippen molar-refractivity contribution in [2.75, 3.05) is 43.5 Å². The molecule has 3 aromatic rings. The number of anilines is 2. The number of pyridine rings is 1. The average molecular weight is 603 g/mol. The maximum absolute atomic E-state index is 13.0. The molecule has 1 aliphatic rings. The third kappa shape index (κ3) is 8.81. The van der Waals surface area contributed by atoms with Gasteiger partial charge in [-0.25, -0.2) is 9.78 Å². The highest BCUT2D eigenvalue weighted by Crippen LogP contribution is 2.19. The largest absolute Gasteiger partial charge is 0.444 e. The third-order valence-electron chi connectivity index (χ3n) is 6.90. The Kier molecular flexibility index (Phi) is 10.6. The summed E-state index contributed by atoms with van der Waals surface area (Å²) in [5.74, 6) is 6.49. The highest BCUT2D eigenvalue weighted by atomic mass is 16.6. The average Bonchev–Trinajstić information content (AvgIpc) is 3.42. The number of benzene rings is 1. The van der Waals surface area contributed by atoms with E-state index in [0.29, 0.717) is 55.1 Å². The summed E-state index contributed by atoms with van der Waals surface area (Å²) in [4.78, 5) is 55.7. The van der Waals surface area contributed by atoms with Crippen LogP contribution in [0.3, 0.4) is 0 Å². The summed E-state index contributed by atoms with van der Waals surface area (Å²) in [6.07, 6.45) is 5.13. The van der Waals surface area contributed by atoms with Gasteiger partial charge >= 0.3 is 6.09 Å². The molecule has 0 radical (unpaired) electrons. The fraction of sp³-hybridized carbons (Fsp3) is 0.406. The molecule has 0 aliphatic carbocycles. The van der Waals surface area contributed by atoms with Gasteiger partial charge in [0.15, 0.2) is 0 Å². The van der Waals surface area contributed by atoms with E-state index in [1.165, 1.54) is 4.90 Å². The van der Waals surface area contributed by atoms with Crippen molar-refractivity contribution in [3.8, 4) is 11.8 Å². The van der Waals surface area contributed by atoms with E-state index in [-0.39, 0.29) is 37.5 Å². The van der Waals surface area contributed by atoms with Crippen molar-refractivity contribution in [3.05, 3.63) is 59.9 Å². The molecule has 4 amide bonds. The lowest BCUT2D eigenvalue weighted by Crippen LogP contribution is -2.40. The molecule has 44 heavy (non-hydrogen) atoms. The number of imidazole rings is 1. The summed E-state index contributed by atoms with van der Waals surface area (Å²) in [5, 5.41) is 5.21. The zero-order valence-corrected chi connectivity index (χ0v) is 25.5. The molecule has 1 aromatic carbocycles. The van der Waals surface area contributed by atoms with Crippen LogP contribution < -0.4 is 15.5 Å². The van der Waals surface area contributed by atoms with Gasteiger partial charge in [-0.15, -0.1) is 0 Å². The SMILES string of the molecule is CNC(=O)CCN(C=O)c1cnc2cc(C#CCOC3CCN(C(=O)c4ccc(NC(=O)OC(C)(C)C)cc4)CC3)ccn12. The van der Waals surface area contributed by atoms with Crippen molar-refractivity contribution in [2.24, 2.45) is 0 Å². The number of carbonyl (C=O) groups excluding carboxylic acids is 4. The van der Waals surface area contributed by atoms with E-state index in [9.17, 15) is 19.2 Å². The summed E-state index contributed by atoms with van der Waals surface area (Å²) in [6, 6.07) is 10.4. The van der Waals surface area contributed by atoms with Crippen molar-refractivity contribution in [2.45, 2.75) is 51.7 Å². The third-order valence-corrected chi connectivity index (χ3v) is 6.90. The van der Waals surface area contributed by atoms with Crippen LogP contribution in [0, 0.1) is 11.8 Å². The van der Waals surface area contributed by atoms with Gasteiger partial charge in [0.25, 0.3) is 5.91 Å². The van der Waals surface area contributed by atoms with E-state index in [1.807, 2.05) is 12.1 Å². The minimum absolute atomic E-state index is 0.00945. The summed E-state index contributed by atoms with van der Waals surface area (Å²) in [7, 11) is 1.56. The van der Waals surface area contributed by atoms with Crippen molar-refractivity contribution < 1.29 is 28.7 Å². The molecule has 12 heteroatoms. The molecule has 1 saturated heterocycles. The van der Waals surface area contributed by atoms with Crippen LogP contribution in [0.15, 0.2) is 48.8 Å². The molecular formula is C32H38N6O6. The Hall–Kier alpha value is -4.89. The van der Waals surface area contributed by atoms with Crippen LogP contribution in [-0.4, -0.2) is 83.6 Å². The first-order valence-electron chi connectivity index (χ1n) is 14.5. The minimum atomic E-state index is -0.595. The number of hydrogen-bond acceptors (Lipinski definition) is 7. The van der Waals surface area contributed by atoms with E-state index < -0.39 is 11.7 Å². The fourth-order valence-corrected chi connectivity index (χ4v) is 4.65. The van der Waals surface area contributed by atoms with Gasteiger partial charge in [-0.05, 0) is 70.0 Å². The highest BCUT2D eigenvalue weighted by Gasteiger charge is 2.24. The van der Waals surface area contributed by atoms with E-state index in [4.69, 9.17) is 9.47 Å². The molecule has 3 heterocycles. The van der Waals surface area contributed by atoms with Gasteiger partial charge in [-0.3, -0.25) is 29.0 Å². The van der Waals surface area contributed by atoms with Crippen molar-refractivity contribution in [1.29, 1.82) is 0 Å². The van der Waals surface area contributed by atoms with Gasteiger partial charge in [0, 0.05) is 56.1 Å². The summed E-state index contributed by atoms with van der Waals surface area (Å²) < 4.78 is 13.0. The number of piperidine rings is 1. The number of fused-ring (bicyclic) bond motifs is 1. The summed E-state index contributed by atoms with van der Waals surface area (Å²) >= 11 is 0. The molecular weight excluding hydrogens is 564 g/mol. The fourth-order valence-electron chi connectivity index (χ4n) is 4.65. The van der Waals surface area contributed by atoms with E-state index in [2.05, 4.69) is 27.5 Å². The van der Waals surface area contributed by atoms with Crippen molar-refractivity contribution in [1.82, 2.24) is 19.6 Å². The second-order valence-electron chi connectivity index (χ2n) is 11.3.